The Morgan fingerprint density at radius 1 is 1.31 bits per heavy atom. The molecular weight excluding hydrogens is 196 g/mol. The third kappa shape index (κ3) is 1.92. The van der Waals surface area contributed by atoms with Gasteiger partial charge in [0.2, 0.25) is 0 Å². The quantitative estimate of drug-likeness (QED) is 0.774. The van der Waals surface area contributed by atoms with E-state index in [1.165, 1.54) is 16.9 Å². The minimum Gasteiger partial charge on any atom is -0.370 e. The van der Waals surface area contributed by atoms with E-state index in [0.29, 0.717) is 0 Å². The molecule has 0 bridgehead atoms. The topological polar surface area (TPSA) is 15.3 Å². The maximum atomic E-state index is 3.97. The van der Waals surface area contributed by atoms with Crippen LogP contribution in [0.5, 0.6) is 0 Å². The summed E-state index contributed by atoms with van der Waals surface area (Å²) in [5.41, 5.74) is 5.03. The van der Waals surface area contributed by atoms with Gasteiger partial charge in [0.05, 0.1) is 0 Å². The summed E-state index contributed by atoms with van der Waals surface area (Å²) in [6.07, 6.45) is 0.953. The fraction of sp³-hybridized carbons (Fsp3) is 0.429. The summed E-state index contributed by atoms with van der Waals surface area (Å²) in [5, 5.41) is 3.32. The summed E-state index contributed by atoms with van der Waals surface area (Å²) in [6, 6.07) is 6.58. The molecule has 1 aromatic carbocycles. The number of anilines is 2. The molecule has 0 fully saturated rings. The van der Waals surface area contributed by atoms with Gasteiger partial charge in [-0.15, -0.1) is 0 Å². The van der Waals surface area contributed by atoms with Crippen molar-refractivity contribution >= 4 is 11.4 Å². The van der Waals surface area contributed by atoms with Crippen LogP contribution in [0.1, 0.15) is 26.3 Å². The van der Waals surface area contributed by atoms with E-state index in [2.05, 4.69) is 62.8 Å². The van der Waals surface area contributed by atoms with Gasteiger partial charge >= 0.3 is 0 Å². The van der Waals surface area contributed by atoms with Crippen LogP contribution in [-0.4, -0.2) is 12.6 Å². The average Bonchev–Trinajstić information content (AvgIpc) is 2.54. The molecule has 0 unspecified atom stereocenters. The van der Waals surface area contributed by atoms with Crippen molar-refractivity contribution in [2.24, 2.45) is 0 Å². The Labute approximate surface area is 98.0 Å². The highest BCUT2D eigenvalue weighted by Gasteiger charge is 2.20. The van der Waals surface area contributed by atoms with Crippen molar-refractivity contribution in [2.45, 2.75) is 32.7 Å². The van der Waals surface area contributed by atoms with Crippen LogP contribution >= 0.6 is 0 Å². The Bertz CT molecular complexity index is 427. The highest BCUT2D eigenvalue weighted by atomic mass is 15.2. The number of rotatable bonds is 1. The Morgan fingerprint density at radius 3 is 2.62 bits per heavy atom. The molecule has 0 aliphatic carbocycles. The summed E-state index contributed by atoms with van der Waals surface area (Å²) in [4.78, 5) is 2.29. The van der Waals surface area contributed by atoms with Crippen LogP contribution in [-0.2, 0) is 6.42 Å². The fourth-order valence-electron chi connectivity index (χ4n) is 1.90. The number of hydrogen-bond acceptors (Lipinski definition) is 2. The molecular formula is C14H20N2. The first-order valence-corrected chi connectivity index (χ1v) is 5.69. The second-order valence-electron chi connectivity index (χ2n) is 5.48. The summed E-state index contributed by atoms with van der Waals surface area (Å²) in [5.74, 6) is 0. The van der Waals surface area contributed by atoms with Crippen LogP contribution in [0.25, 0.3) is 0 Å². The Kier molecular flexibility index (Phi) is 2.45. The summed E-state index contributed by atoms with van der Waals surface area (Å²) >= 11 is 0. The van der Waals surface area contributed by atoms with Gasteiger partial charge in [0.1, 0.15) is 0 Å². The lowest BCUT2D eigenvalue weighted by Gasteiger charge is -2.34. The van der Waals surface area contributed by atoms with Crippen LogP contribution in [0.15, 0.2) is 30.5 Å². The molecule has 86 valence electrons. The highest BCUT2D eigenvalue weighted by molar-refractivity contribution is 5.68. The fourth-order valence-corrected chi connectivity index (χ4v) is 1.90. The minimum absolute atomic E-state index is 0.143. The van der Waals surface area contributed by atoms with E-state index in [9.17, 15) is 0 Å². The molecule has 0 saturated carbocycles. The first kappa shape index (κ1) is 11.1. The van der Waals surface area contributed by atoms with Gasteiger partial charge in [0, 0.05) is 36.1 Å². The standard InChI is InChI=1S/C14H20N2/c1-10-8-11-6-7-12(9-13(11)15-10)16(5)14(2,3)4/h6-7,9,15H,1,8H2,2-5H3. The molecule has 0 amide bonds. The SMILES string of the molecule is C=C1Cc2ccc(N(C)C(C)(C)C)cc2N1. The van der Waals surface area contributed by atoms with Crippen molar-refractivity contribution in [3.05, 3.63) is 36.0 Å². The molecule has 0 aromatic heterocycles. The average molecular weight is 216 g/mol. The maximum Gasteiger partial charge on any atom is 0.0439 e. The van der Waals surface area contributed by atoms with Crippen LogP contribution in [0.4, 0.5) is 11.4 Å². The molecule has 0 spiro atoms. The van der Waals surface area contributed by atoms with Gasteiger partial charge < -0.3 is 10.2 Å². The van der Waals surface area contributed by atoms with Crippen molar-refractivity contribution in [2.75, 3.05) is 17.3 Å². The largest absolute Gasteiger partial charge is 0.370 e. The smallest absolute Gasteiger partial charge is 0.0439 e. The Balaban J connectivity index is 2.33. The van der Waals surface area contributed by atoms with Gasteiger partial charge in [0.25, 0.3) is 0 Å². The lowest BCUT2D eigenvalue weighted by Crippen LogP contribution is -2.37. The third-order valence-corrected chi connectivity index (χ3v) is 3.20. The predicted octanol–water partition coefficient (Wildman–Crippen LogP) is 3.40. The lowest BCUT2D eigenvalue weighted by molar-refractivity contribution is 0.539. The summed E-state index contributed by atoms with van der Waals surface area (Å²) < 4.78 is 0. The second-order valence-corrected chi connectivity index (χ2v) is 5.48. The van der Waals surface area contributed by atoms with Crippen LogP contribution < -0.4 is 10.2 Å². The number of nitrogens with one attached hydrogen (secondary N) is 1. The van der Waals surface area contributed by atoms with Crippen LogP contribution in [0.2, 0.25) is 0 Å². The van der Waals surface area contributed by atoms with Gasteiger partial charge in [-0.2, -0.15) is 0 Å². The molecule has 2 nitrogen and oxygen atoms in total. The molecule has 2 rings (SSSR count). The molecule has 1 aromatic rings. The van der Waals surface area contributed by atoms with E-state index in [1.54, 1.807) is 0 Å². The van der Waals surface area contributed by atoms with Gasteiger partial charge in [-0.1, -0.05) is 12.6 Å². The zero-order chi connectivity index (χ0) is 11.9. The Hall–Kier alpha value is -1.44. The predicted molar refractivity (Wildman–Crippen MR) is 71.1 cm³/mol. The minimum atomic E-state index is 0.143. The molecule has 0 saturated heterocycles. The van der Waals surface area contributed by atoms with Gasteiger partial charge in [-0.3, -0.25) is 0 Å². The van der Waals surface area contributed by atoms with E-state index in [0.717, 1.165) is 12.1 Å². The molecule has 1 aliphatic heterocycles. The number of nitrogens with zero attached hydrogens (tertiary/aromatic N) is 1. The lowest BCUT2D eigenvalue weighted by atomic mass is 10.0. The summed E-state index contributed by atoms with van der Waals surface area (Å²) in [6.45, 7) is 10.6. The summed E-state index contributed by atoms with van der Waals surface area (Å²) in [7, 11) is 2.13. The maximum absolute atomic E-state index is 3.97. The van der Waals surface area contributed by atoms with Crippen molar-refractivity contribution in [1.29, 1.82) is 0 Å². The molecule has 1 heterocycles. The van der Waals surface area contributed by atoms with Gasteiger partial charge in [0.15, 0.2) is 0 Å². The molecule has 16 heavy (non-hydrogen) atoms. The number of fused-ring (bicyclic) bond motifs is 1. The molecule has 1 N–H and O–H groups in total. The van der Waals surface area contributed by atoms with Crippen molar-refractivity contribution < 1.29 is 0 Å². The number of benzene rings is 1. The number of hydrogen-bond donors (Lipinski definition) is 1. The first-order chi connectivity index (χ1) is 7.38. The highest BCUT2D eigenvalue weighted by Crippen LogP contribution is 2.32. The second kappa shape index (κ2) is 3.55. The van der Waals surface area contributed by atoms with Crippen molar-refractivity contribution in [3.63, 3.8) is 0 Å². The van der Waals surface area contributed by atoms with E-state index in [4.69, 9.17) is 0 Å². The van der Waals surface area contributed by atoms with E-state index in [1.807, 2.05) is 0 Å². The van der Waals surface area contributed by atoms with Crippen molar-refractivity contribution in [3.8, 4) is 0 Å². The normalized spacial score (nSPS) is 14.6. The van der Waals surface area contributed by atoms with Crippen LogP contribution in [0.3, 0.4) is 0 Å². The third-order valence-electron chi connectivity index (χ3n) is 3.20. The molecule has 1 aliphatic rings. The zero-order valence-corrected chi connectivity index (χ0v) is 10.6. The van der Waals surface area contributed by atoms with E-state index < -0.39 is 0 Å². The molecule has 0 radical (unpaired) electrons. The monoisotopic (exact) mass is 216 g/mol. The Morgan fingerprint density at radius 2 is 2.00 bits per heavy atom. The van der Waals surface area contributed by atoms with E-state index >= 15 is 0 Å². The first-order valence-electron chi connectivity index (χ1n) is 5.69. The molecule has 2 heteroatoms. The van der Waals surface area contributed by atoms with Gasteiger partial charge in [-0.05, 0) is 38.5 Å². The van der Waals surface area contributed by atoms with Crippen LogP contribution in [0, 0.1) is 0 Å². The van der Waals surface area contributed by atoms with E-state index in [-0.39, 0.29) is 5.54 Å². The van der Waals surface area contributed by atoms with Gasteiger partial charge in [-0.25, -0.2) is 0 Å². The number of allylic oxidation sites excluding steroid dienone is 1. The molecule has 0 atom stereocenters. The zero-order valence-electron chi connectivity index (χ0n) is 10.6. The van der Waals surface area contributed by atoms with Crippen molar-refractivity contribution in [1.82, 2.24) is 0 Å².